The number of halogens is 1. The average molecular weight is 232 g/mol. The van der Waals surface area contributed by atoms with E-state index in [0.717, 1.165) is 12.5 Å². The summed E-state index contributed by atoms with van der Waals surface area (Å²) in [5.74, 6) is 1.32. The molecule has 3 heteroatoms. The molecule has 0 atom stereocenters. The summed E-state index contributed by atoms with van der Waals surface area (Å²) in [6.45, 7) is 8.90. The molecule has 2 nitrogen and oxygen atoms in total. The molecule has 0 aromatic heterocycles. The summed E-state index contributed by atoms with van der Waals surface area (Å²) < 4.78 is 0. The number of alkyl halides is 1. The minimum atomic E-state index is -0.430. The van der Waals surface area contributed by atoms with Crippen LogP contribution in [-0.4, -0.2) is 29.3 Å². The summed E-state index contributed by atoms with van der Waals surface area (Å²) >= 11 is 5.84. The number of hydrogen-bond donors (Lipinski definition) is 0. The van der Waals surface area contributed by atoms with Gasteiger partial charge in [-0.1, -0.05) is 0 Å². The van der Waals surface area contributed by atoms with E-state index in [1.165, 1.54) is 12.8 Å². The molecular formula is C12H22ClNO. The normalized spacial score (nSPS) is 16.9. The Labute approximate surface area is 98.0 Å². The maximum Gasteiger partial charge on any atom is 0.229 e. The Balaban J connectivity index is 2.65. The molecule has 0 saturated heterocycles. The molecule has 0 aliphatic heterocycles. The number of nitrogens with zero attached hydrogens (tertiary/aromatic N) is 1. The van der Waals surface area contributed by atoms with E-state index >= 15 is 0 Å². The van der Waals surface area contributed by atoms with E-state index in [9.17, 15) is 4.79 Å². The summed E-state index contributed by atoms with van der Waals surface area (Å²) in [5.41, 5.74) is -0.430. The molecule has 0 bridgehead atoms. The van der Waals surface area contributed by atoms with Crippen LogP contribution >= 0.6 is 11.6 Å². The van der Waals surface area contributed by atoms with Gasteiger partial charge in [0.2, 0.25) is 5.91 Å². The lowest BCUT2D eigenvalue weighted by Gasteiger charge is -2.33. The first-order valence-electron chi connectivity index (χ1n) is 5.75. The van der Waals surface area contributed by atoms with Gasteiger partial charge in [-0.15, -0.1) is 11.6 Å². The van der Waals surface area contributed by atoms with Crippen molar-refractivity contribution in [1.82, 2.24) is 4.90 Å². The van der Waals surface area contributed by atoms with Crippen LogP contribution in [-0.2, 0) is 4.79 Å². The van der Waals surface area contributed by atoms with Gasteiger partial charge in [0.1, 0.15) is 0 Å². The molecule has 1 amide bonds. The molecular weight excluding hydrogens is 210 g/mol. The summed E-state index contributed by atoms with van der Waals surface area (Å²) in [7, 11) is 0. The van der Waals surface area contributed by atoms with Gasteiger partial charge in [-0.05, 0) is 46.5 Å². The molecule has 0 N–H and O–H groups in total. The fourth-order valence-corrected chi connectivity index (χ4v) is 1.67. The van der Waals surface area contributed by atoms with Gasteiger partial charge in [0, 0.05) is 18.5 Å². The highest BCUT2D eigenvalue weighted by Gasteiger charge is 2.35. The highest BCUT2D eigenvalue weighted by Crippen LogP contribution is 2.32. The first kappa shape index (κ1) is 12.8. The standard InChI is InChI=1S/C12H22ClNO/c1-9(2)14(7-10-5-6-10)11(15)12(3,4)8-13/h9-10H,5-8H2,1-4H3. The van der Waals surface area contributed by atoms with Crippen LogP contribution in [0.3, 0.4) is 0 Å². The van der Waals surface area contributed by atoms with E-state index in [-0.39, 0.29) is 11.9 Å². The zero-order valence-electron chi connectivity index (χ0n) is 10.2. The second kappa shape index (κ2) is 4.73. The van der Waals surface area contributed by atoms with Crippen molar-refractivity contribution in [3.05, 3.63) is 0 Å². The van der Waals surface area contributed by atoms with E-state index in [1.807, 2.05) is 18.7 Å². The van der Waals surface area contributed by atoms with Crippen LogP contribution in [0.2, 0.25) is 0 Å². The smallest absolute Gasteiger partial charge is 0.229 e. The van der Waals surface area contributed by atoms with Crippen LogP contribution in [0.25, 0.3) is 0 Å². The first-order chi connectivity index (χ1) is 6.88. The molecule has 0 spiro atoms. The second-order valence-corrected chi connectivity index (χ2v) is 5.78. The highest BCUT2D eigenvalue weighted by atomic mass is 35.5. The van der Waals surface area contributed by atoms with E-state index in [2.05, 4.69) is 13.8 Å². The molecule has 0 aromatic rings. The van der Waals surface area contributed by atoms with E-state index in [1.54, 1.807) is 0 Å². The fraction of sp³-hybridized carbons (Fsp3) is 0.917. The van der Waals surface area contributed by atoms with Crippen molar-refractivity contribution < 1.29 is 4.79 Å². The molecule has 0 aromatic carbocycles. The van der Waals surface area contributed by atoms with Crippen molar-refractivity contribution in [2.24, 2.45) is 11.3 Å². The van der Waals surface area contributed by atoms with E-state index in [4.69, 9.17) is 11.6 Å². The predicted octanol–water partition coefficient (Wildman–Crippen LogP) is 2.90. The molecule has 1 saturated carbocycles. The molecule has 1 aliphatic carbocycles. The SMILES string of the molecule is CC(C)N(CC1CC1)C(=O)C(C)(C)CCl. The third-order valence-electron chi connectivity index (χ3n) is 2.95. The van der Waals surface area contributed by atoms with Crippen LogP contribution in [0.15, 0.2) is 0 Å². The molecule has 0 heterocycles. The quantitative estimate of drug-likeness (QED) is 0.667. The maximum atomic E-state index is 12.2. The van der Waals surface area contributed by atoms with Gasteiger partial charge in [-0.3, -0.25) is 4.79 Å². The van der Waals surface area contributed by atoms with Crippen LogP contribution < -0.4 is 0 Å². The molecule has 1 aliphatic rings. The largest absolute Gasteiger partial charge is 0.339 e. The fourth-order valence-electron chi connectivity index (χ4n) is 1.55. The summed E-state index contributed by atoms with van der Waals surface area (Å²) in [6, 6.07) is 0.278. The number of amides is 1. The Bertz CT molecular complexity index is 234. The highest BCUT2D eigenvalue weighted by molar-refractivity contribution is 6.19. The zero-order valence-corrected chi connectivity index (χ0v) is 11.0. The number of hydrogen-bond acceptors (Lipinski definition) is 1. The van der Waals surface area contributed by atoms with Gasteiger partial charge in [0.05, 0.1) is 5.41 Å². The van der Waals surface area contributed by atoms with Gasteiger partial charge in [0.15, 0.2) is 0 Å². The summed E-state index contributed by atoms with van der Waals surface area (Å²) in [6.07, 6.45) is 2.55. The van der Waals surface area contributed by atoms with Gasteiger partial charge in [-0.25, -0.2) is 0 Å². The van der Waals surface area contributed by atoms with Crippen LogP contribution in [0.4, 0.5) is 0 Å². The summed E-state index contributed by atoms with van der Waals surface area (Å²) in [5, 5.41) is 0. The molecule has 15 heavy (non-hydrogen) atoms. The molecule has 0 radical (unpaired) electrons. The van der Waals surface area contributed by atoms with Crippen molar-refractivity contribution in [1.29, 1.82) is 0 Å². The number of rotatable bonds is 5. The van der Waals surface area contributed by atoms with Gasteiger partial charge < -0.3 is 4.90 Å². The Morgan fingerprint density at radius 1 is 1.47 bits per heavy atom. The third kappa shape index (κ3) is 3.37. The minimum Gasteiger partial charge on any atom is -0.339 e. The van der Waals surface area contributed by atoms with Crippen LogP contribution in [0, 0.1) is 11.3 Å². The van der Waals surface area contributed by atoms with Crippen molar-refractivity contribution in [2.75, 3.05) is 12.4 Å². The lowest BCUT2D eigenvalue weighted by molar-refractivity contribution is -0.141. The van der Waals surface area contributed by atoms with Gasteiger partial charge >= 0.3 is 0 Å². The van der Waals surface area contributed by atoms with Crippen LogP contribution in [0.5, 0.6) is 0 Å². The van der Waals surface area contributed by atoms with Crippen LogP contribution in [0.1, 0.15) is 40.5 Å². The predicted molar refractivity (Wildman–Crippen MR) is 64.1 cm³/mol. The zero-order chi connectivity index (χ0) is 11.6. The molecule has 88 valence electrons. The van der Waals surface area contributed by atoms with Crippen molar-refractivity contribution in [2.45, 2.75) is 46.6 Å². The van der Waals surface area contributed by atoms with Crippen molar-refractivity contribution in [3.63, 3.8) is 0 Å². The second-order valence-electron chi connectivity index (χ2n) is 5.51. The topological polar surface area (TPSA) is 20.3 Å². The Kier molecular flexibility index (Phi) is 4.05. The molecule has 1 rings (SSSR count). The van der Waals surface area contributed by atoms with Crippen molar-refractivity contribution in [3.8, 4) is 0 Å². The molecule has 0 unspecified atom stereocenters. The van der Waals surface area contributed by atoms with Crippen molar-refractivity contribution >= 4 is 17.5 Å². The van der Waals surface area contributed by atoms with Gasteiger partial charge in [-0.2, -0.15) is 0 Å². The maximum absolute atomic E-state index is 12.2. The third-order valence-corrected chi connectivity index (χ3v) is 3.62. The number of carbonyl (C=O) groups excluding carboxylic acids is 1. The lowest BCUT2D eigenvalue weighted by Crippen LogP contribution is -2.46. The Morgan fingerprint density at radius 2 is 2.00 bits per heavy atom. The van der Waals surface area contributed by atoms with E-state index < -0.39 is 5.41 Å². The Hall–Kier alpha value is -0.240. The minimum absolute atomic E-state index is 0.194. The molecule has 1 fully saturated rings. The van der Waals surface area contributed by atoms with Gasteiger partial charge in [0.25, 0.3) is 0 Å². The first-order valence-corrected chi connectivity index (χ1v) is 6.29. The monoisotopic (exact) mass is 231 g/mol. The lowest BCUT2D eigenvalue weighted by atomic mass is 9.93. The van der Waals surface area contributed by atoms with E-state index in [0.29, 0.717) is 5.88 Å². The number of carbonyl (C=O) groups is 1. The Morgan fingerprint density at radius 3 is 2.33 bits per heavy atom. The average Bonchev–Trinajstić information content (AvgIpc) is 2.96. The summed E-state index contributed by atoms with van der Waals surface area (Å²) in [4.78, 5) is 14.2.